The van der Waals surface area contributed by atoms with Gasteiger partial charge >= 0.3 is 0 Å². The van der Waals surface area contributed by atoms with Gasteiger partial charge < -0.3 is 20.0 Å². The van der Waals surface area contributed by atoms with Gasteiger partial charge in [0.1, 0.15) is 12.1 Å². The minimum absolute atomic E-state index is 0.00217. The average molecular weight is 517 g/mol. The maximum Gasteiger partial charge on any atom is 0.250 e. The van der Waals surface area contributed by atoms with Crippen molar-refractivity contribution in [3.63, 3.8) is 0 Å². The Morgan fingerprint density at radius 2 is 1.58 bits per heavy atom. The lowest BCUT2D eigenvalue weighted by Crippen LogP contribution is -2.58. The molecule has 1 spiro atoms. The van der Waals surface area contributed by atoms with Gasteiger partial charge in [-0.25, -0.2) is 0 Å². The first-order chi connectivity index (χ1) is 18.5. The molecule has 7 nitrogen and oxygen atoms in total. The van der Waals surface area contributed by atoms with Crippen molar-refractivity contribution >= 4 is 23.4 Å². The molecule has 0 bridgehead atoms. The summed E-state index contributed by atoms with van der Waals surface area (Å²) >= 11 is 0. The molecule has 1 unspecified atom stereocenters. The second kappa shape index (κ2) is 11.6. The van der Waals surface area contributed by atoms with Crippen molar-refractivity contribution in [3.05, 3.63) is 66.2 Å². The van der Waals surface area contributed by atoms with Gasteiger partial charge in [-0.15, -0.1) is 0 Å². The number of amides is 3. The Morgan fingerprint density at radius 1 is 0.947 bits per heavy atom. The van der Waals surface area contributed by atoms with Crippen LogP contribution in [0, 0.1) is 0 Å². The minimum Gasteiger partial charge on any atom is -0.352 e. The molecule has 1 atom stereocenters. The zero-order valence-corrected chi connectivity index (χ0v) is 22.5. The molecule has 2 aromatic carbocycles. The molecule has 1 aliphatic carbocycles. The lowest BCUT2D eigenvalue weighted by Gasteiger charge is -2.44. The molecule has 3 aliphatic rings. The zero-order chi connectivity index (χ0) is 26.5. The van der Waals surface area contributed by atoms with Crippen molar-refractivity contribution in [1.29, 1.82) is 0 Å². The lowest BCUT2D eigenvalue weighted by molar-refractivity contribution is -0.140. The topological polar surface area (TPSA) is 73.0 Å². The third kappa shape index (κ3) is 5.29. The van der Waals surface area contributed by atoms with E-state index in [1.165, 1.54) is 6.42 Å². The van der Waals surface area contributed by atoms with E-state index in [0.29, 0.717) is 32.6 Å². The Kier molecular flexibility index (Phi) is 8.01. The molecule has 2 aromatic rings. The predicted octanol–water partition coefficient (Wildman–Crippen LogP) is 4.30. The third-order valence-corrected chi connectivity index (χ3v) is 8.70. The number of hydrogen-bond donors (Lipinski definition) is 1. The van der Waals surface area contributed by atoms with E-state index in [0.717, 1.165) is 43.4 Å². The van der Waals surface area contributed by atoms with E-state index in [1.807, 2.05) is 65.6 Å². The average Bonchev–Trinajstić information content (AvgIpc) is 3.21. The van der Waals surface area contributed by atoms with Crippen LogP contribution < -0.4 is 10.2 Å². The Labute approximate surface area is 226 Å². The lowest BCUT2D eigenvalue weighted by atomic mass is 9.84. The Hall–Kier alpha value is -3.35. The number of benzene rings is 2. The zero-order valence-electron chi connectivity index (χ0n) is 22.5. The van der Waals surface area contributed by atoms with Crippen LogP contribution in [0.5, 0.6) is 0 Å². The van der Waals surface area contributed by atoms with E-state index in [1.54, 1.807) is 4.90 Å². The van der Waals surface area contributed by atoms with Gasteiger partial charge in [-0.1, -0.05) is 74.7 Å². The number of piperidine rings is 1. The maximum atomic E-state index is 14.0. The Bertz CT molecular complexity index is 1110. The highest BCUT2D eigenvalue weighted by Gasteiger charge is 2.54. The molecule has 2 aliphatic heterocycles. The summed E-state index contributed by atoms with van der Waals surface area (Å²) in [5.74, 6) is -0.109. The third-order valence-electron chi connectivity index (χ3n) is 8.70. The molecule has 202 valence electrons. The van der Waals surface area contributed by atoms with Gasteiger partial charge in [-0.3, -0.25) is 14.4 Å². The predicted molar refractivity (Wildman–Crippen MR) is 149 cm³/mol. The summed E-state index contributed by atoms with van der Waals surface area (Å²) in [6.45, 7) is 3.57. The second-order valence-electron chi connectivity index (χ2n) is 11.0. The highest BCUT2D eigenvalue weighted by atomic mass is 16.2. The van der Waals surface area contributed by atoms with Crippen molar-refractivity contribution in [2.45, 2.75) is 75.8 Å². The van der Waals surface area contributed by atoms with Gasteiger partial charge in [-0.05, 0) is 49.8 Å². The van der Waals surface area contributed by atoms with Crippen LogP contribution in [0.1, 0.15) is 69.8 Å². The molecule has 3 fully saturated rings. The Balaban J connectivity index is 1.31. The van der Waals surface area contributed by atoms with Crippen LogP contribution in [0.15, 0.2) is 60.7 Å². The van der Waals surface area contributed by atoms with E-state index in [-0.39, 0.29) is 36.2 Å². The van der Waals surface area contributed by atoms with Crippen molar-refractivity contribution in [1.82, 2.24) is 15.1 Å². The van der Waals surface area contributed by atoms with Gasteiger partial charge in [0.05, 0.1) is 12.6 Å². The van der Waals surface area contributed by atoms with Crippen LogP contribution in [0.4, 0.5) is 5.69 Å². The standard InChI is InChI=1S/C31H40N4O3/c1-2-27(24-12-6-3-7-13-24)29(37)33-20-18-31(19-21-33)30(38)34(23-35(31)26-16-10-5-11-17-26)22-28(36)32-25-14-8-4-9-15-25/h3,5-7,10-13,16-17,25,27H,2,4,8-9,14-15,18-23H2,1H3,(H,32,36). The number of carbonyl (C=O) groups is 3. The first-order valence-electron chi connectivity index (χ1n) is 14.3. The number of likely N-dealkylation sites (tertiary alicyclic amines) is 1. The first-order valence-corrected chi connectivity index (χ1v) is 14.3. The molecular weight excluding hydrogens is 476 g/mol. The van der Waals surface area contributed by atoms with Crippen LogP contribution in [-0.4, -0.2) is 65.4 Å². The number of nitrogens with one attached hydrogen (secondary N) is 1. The minimum atomic E-state index is -0.738. The molecule has 1 N–H and O–H groups in total. The number of anilines is 1. The molecule has 2 saturated heterocycles. The summed E-state index contributed by atoms with van der Waals surface area (Å²) < 4.78 is 0. The van der Waals surface area contributed by atoms with Crippen LogP contribution >= 0.6 is 0 Å². The molecule has 5 rings (SSSR count). The largest absolute Gasteiger partial charge is 0.352 e. The normalized spacial score (nSPS) is 20.6. The molecule has 7 heteroatoms. The molecule has 2 heterocycles. The molecule has 3 amide bonds. The van der Waals surface area contributed by atoms with Gasteiger partial charge in [-0.2, -0.15) is 0 Å². The Morgan fingerprint density at radius 3 is 2.21 bits per heavy atom. The monoisotopic (exact) mass is 516 g/mol. The molecule has 1 saturated carbocycles. The van der Waals surface area contributed by atoms with E-state index in [9.17, 15) is 14.4 Å². The number of carbonyl (C=O) groups excluding carboxylic acids is 3. The van der Waals surface area contributed by atoms with Crippen LogP contribution in [0.2, 0.25) is 0 Å². The number of rotatable bonds is 7. The second-order valence-corrected chi connectivity index (χ2v) is 11.0. The fourth-order valence-electron chi connectivity index (χ4n) is 6.57. The van der Waals surface area contributed by atoms with E-state index < -0.39 is 5.54 Å². The highest BCUT2D eigenvalue weighted by molar-refractivity contribution is 5.96. The highest BCUT2D eigenvalue weighted by Crippen LogP contribution is 2.40. The quantitative estimate of drug-likeness (QED) is 0.596. The summed E-state index contributed by atoms with van der Waals surface area (Å²) in [5.41, 5.74) is 1.28. The van der Waals surface area contributed by atoms with Gasteiger partial charge in [0.25, 0.3) is 5.91 Å². The maximum absolute atomic E-state index is 14.0. The fourth-order valence-corrected chi connectivity index (χ4v) is 6.57. The molecule has 38 heavy (non-hydrogen) atoms. The van der Waals surface area contributed by atoms with Crippen molar-refractivity contribution in [2.75, 3.05) is 31.2 Å². The molecular formula is C31H40N4O3. The van der Waals surface area contributed by atoms with E-state index in [2.05, 4.69) is 17.1 Å². The van der Waals surface area contributed by atoms with Crippen molar-refractivity contribution in [3.8, 4) is 0 Å². The van der Waals surface area contributed by atoms with Crippen molar-refractivity contribution < 1.29 is 14.4 Å². The van der Waals surface area contributed by atoms with Gasteiger partial charge in [0, 0.05) is 24.8 Å². The fraction of sp³-hybridized carbons (Fsp3) is 0.516. The number of nitrogens with zero attached hydrogens (tertiary/aromatic N) is 3. The molecule has 0 aromatic heterocycles. The van der Waals surface area contributed by atoms with Crippen LogP contribution in [0.3, 0.4) is 0 Å². The van der Waals surface area contributed by atoms with Gasteiger partial charge in [0.15, 0.2) is 0 Å². The SMILES string of the molecule is CCC(C(=O)N1CCC2(CC1)C(=O)N(CC(=O)NC1CCCCC1)CN2c1ccccc1)c1ccccc1. The van der Waals surface area contributed by atoms with Gasteiger partial charge in [0.2, 0.25) is 11.8 Å². The first kappa shape index (κ1) is 26.3. The summed E-state index contributed by atoms with van der Waals surface area (Å²) in [6, 6.07) is 20.2. The van der Waals surface area contributed by atoms with Crippen molar-refractivity contribution in [2.24, 2.45) is 0 Å². The van der Waals surface area contributed by atoms with Crippen LogP contribution in [0.25, 0.3) is 0 Å². The smallest absolute Gasteiger partial charge is 0.250 e. The van der Waals surface area contributed by atoms with Crippen LogP contribution in [-0.2, 0) is 14.4 Å². The van der Waals surface area contributed by atoms with E-state index in [4.69, 9.17) is 0 Å². The summed E-state index contributed by atoms with van der Waals surface area (Å²) in [4.78, 5) is 46.3. The number of hydrogen-bond acceptors (Lipinski definition) is 4. The molecule has 0 radical (unpaired) electrons. The number of para-hydroxylation sites is 1. The summed E-state index contributed by atoms with van der Waals surface area (Å²) in [6.07, 6.45) is 7.42. The summed E-state index contributed by atoms with van der Waals surface area (Å²) in [7, 11) is 0. The van der Waals surface area contributed by atoms with E-state index >= 15 is 0 Å². The summed E-state index contributed by atoms with van der Waals surface area (Å²) in [5, 5.41) is 3.16.